The molecule has 0 fully saturated rings. The monoisotopic (exact) mass is 236 g/mol. The molecule has 1 aromatic carbocycles. The molecule has 0 unspecified atom stereocenters. The topological polar surface area (TPSA) is 70.4 Å². The maximum absolute atomic E-state index is 11.5. The SMILES string of the molecule is CNC(=O)c1ccc(N)c(NCCN(C)C)c1. The van der Waals surface area contributed by atoms with Crippen molar-refractivity contribution in [3.05, 3.63) is 23.8 Å². The molecule has 94 valence electrons. The third kappa shape index (κ3) is 3.96. The van der Waals surface area contributed by atoms with Crippen LogP contribution in [-0.4, -0.2) is 45.0 Å². The van der Waals surface area contributed by atoms with E-state index in [4.69, 9.17) is 5.73 Å². The van der Waals surface area contributed by atoms with Crippen LogP contribution in [0.2, 0.25) is 0 Å². The third-order valence-corrected chi connectivity index (χ3v) is 2.42. The molecule has 0 saturated carbocycles. The van der Waals surface area contributed by atoms with Gasteiger partial charge < -0.3 is 21.3 Å². The van der Waals surface area contributed by atoms with Crippen molar-refractivity contribution in [3.63, 3.8) is 0 Å². The highest BCUT2D eigenvalue weighted by molar-refractivity contribution is 5.96. The zero-order valence-corrected chi connectivity index (χ0v) is 10.6. The number of likely N-dealkylation sites (N-methyl/N-ethyl adjacent to an activating group) is 1. The second-order valence-corrected chi connectivity index (χ2v) is 4.11. The molecule has 1 rings (SSSR count). The van der Waals surface area contributed by atoms with Crippen molar-refractivity contribution in [1.82, 2.24) is 10.2 Å². The van der Waals surface area contributed by atoms with E-state index in [0.29, 0.717) is 11.3 Å². The van der Waals surface area contributed by atoms with Crippen LogP contribution in [0.4, 0.5) is 11.4 Å². The largest absolute Gasteiger partial charge is 0.397 e. The summed E-state index contributed by atoms with van der Waals surface area (Å²) in [6.07, 6.45) is 0. The Hall–Kier alpha value is -1.75. The van der Waals surface area contributed by atoms with Crippen molar-refractivity contribution in [2.45, 2.75) is 0 Å². The number of nitrogens with one attached hydrogen (secondary N) is 2. The maximum atomic E-state index is 11.5. The molecule has 1 amide bonds. The molecule has 0 aliphatic heterocycles. The van der Waals surface area contributed by atoms with Crippen LogP contribution in [-0.2, 0) is 0 Å². The molecule has 0 bridgehead atoms. The highest BCUT2D eigenvalue weighted by Crippen LogP contribution is 2.19. The van der Waals surface area contributed by atoms with Gasteiger partial charge in [0.1, 0.15) is 0 Å². The Morgan fingerprint density at radius 2 is 2.12 bits per heavy atom. The van der Waals surface area contributed by atoms with Gasteiger partial charge in [-0.1, -0.05) is 0 Å². The third-order valence-electron chi connectivity index (χ3n) is 2.42. The Morgan fingerprint density at radius 1 is 1.41 bits per heavy atom. The van der Waals surface area contributed by atoms with Gasteiger partial charge in [0.15, 0.2) is 0 Å². The number of hydrogen-bond acceptors (Lipinski definition) is 4. The molecule has 4 N–H and O–H groups in total. The van der Waals surface area contributed by atoms with Gasteiger partial charge in [0.25, 0.3) is 5.91 Å². The van der Waals surface area contributed by atoms with Crippen molar-refractivity contribution in [2.24, 2.45) is 0 Å². The molecule has 0 aliphatic rings. The smallest absolute Gasteiger partial charge is 0.251 e. The number of nitrogen functional groups attached to an aromatic ring is 1. The molecule has 0 aromatic heterocycles. The summed E-state index contributed by atoms with van der Waals surface area (Å²) in [5, 5.41) is 5.80. The minimum Gasteiger partial charge on any atom is -0.397 e. The summed E-state index contributed by atoms with van der Waals surface area (Å²) in [6, 6.07) is 5.22. The van der Waals surface area contributed by atoms with E-state index in [-0.39, 0.29) is 5.91 Å². The van der Waals surface area contributed by atoms with Gasteiger partial charge in [-0.05, 0) is 32.3 Å². The van der Waals surface area contributed by atoms with Crippen LogP contribution >= 0.6 is 0 Å². The van der Waals surface area contributed by atoms with Crippen LogP contribution < -0.4 is 16.4 Å². The number of rotatable bonds is 5. The van der Waals surface area contributed by atoms with Crippen LogP contribution in [0.5, 0.6) is 0 Å². The van der Waals surface area contributed by atoms with Gasteiger partial charge in [-0.3, -0.25) is 4.79 Å². The lowest BCUT2D eigenvalue weighted by molar-refractivity contribution is 0.0963. The number of carbonyl (C=O) groups excluding carboxylic acids is 1. The molecular weight excluding hydrogens is 216 g/mol. The van der Waals surface area contributed by atoms with Crippen LogP contribution in [0.25, 0.3) is 0 Å². The molecule has 0 saturated heterocycles. The van der Waals surface area contributed by atoms with Gasteiger partial charge in [0, 0.05) is 25.7 Å². The van der Waals surface area contributed by atoms with Crippen LogP contribution in [0.15, 0.2) is 18.2 Å². The maximum Gasteiger partial charge on any atom is 0.251 e. The van der Waals surface area contributed by atoms with E-state index < -0.39 is 0 Å². The van der Waals surface area contributed by atoms with Crippen LogP contribution in [0, 0.1) is 0 Å². The minimum atomic E-state index is -0.111. The first-order chi connectivity index (χ1) is 8.04. The summed E-state index contributed by atoms with van der Waals surface area (Å²) >= 11 is 0. The Balaban J connectivity index is 2.73. The molecule has 5 nitrogen and oxygen atoms in total. The lowest BCUT2D eigenvalue weighted by Gasteiger charge is -2.13. The lowest BCUT2D eigenvalue weighted by atomic mass is 10.1. The number of nitrogens with two attached hydrogens (primary N) is 1. The number of amides is 1. The van der Waals surface area contributed by atoms with Crippen molar-refractivity contribution in [3.8, 4) is 0 Å². The number of carbonyl (C=O) groups is 1. The van der Waals surface area contributed by atoms with Crippen molar-refractivity contribution in [2.75, 3.05) is 45.3 Å². The van der Waals surface area contributed by atoms with Crippen molar-refractivity contribution < 1.29 is 4.79 Å². The number of hydrogen-bond donors (Lipinski definition) is 3. The first-order valence-corrected chi connectivity index (χ1v) is 5.55. The first kappa shape index (κ1) is 13.3. The summed E-state index contributed by atoms with van der Waals surface area (Å²) in [5.74, 6) is -0.111. The fourth-order valence-corrected chi connectivity index (χ4v) is 1.41. The van der Waals surface area contributed by atoms with Crippen LogP contribution in [0.1, 0.15) is 10.4 Å². The highest BCUT2D eigenvalue weighted by atomic mass is 16.1. The zero-order chi connectivity index (χ0) is 12.8. The van der Waals surface area contributed by atoms with Crippen molar-refractivity contribution >= 4 is 17.3 Å². The van der Waals surface area contributed by atoms with E-state index in [1.807, 2.05) is 14.1 Å². The summed E-state index contributed by atoms with van der Waals surface area (Å²) in [4.78, 5) is 13.5. The average molecular weight is 236 g/mol. The number of nitrogens with zero attached hydrogens (tertiary/aromatic N) is 1. The van der Waals surface area contributed by atoms with Gasteiger partial charge in [-0.2, -0.15) is 0 Å². The van der Waals surface area contributed by atoms with Gasteiger partial charge in [0.2, 0.25) is 0 Å². The van der Waals surface area contributed by atoms with E-state index in [9.17, 15) is 4.79 Å². The van der Waals surface area contributed by atoms with Gasteiger partial charge in [-0.25, -0.2) is 0 Å². The molecular formula is C12H20N4O. The van der Waals surface area contributed by atoms with E-state index in [1.54, 1.807) is 25.2 Å². The van der Waals surface area contributed by atoms with E-state index in [0.717, 1.165) is 18.8 Å². The summed E-state index contributed by atoms with van der Waals surface area (Å²) in [7, 11) is 5.62. The van der Waals surface area contributed by atoms with Gasteiger partial charge in [0.05, 0.1) is 11.4 Å². The fourth-order valence-electron chi connectivity index (χ4n) is 1.41. The molecule has 0 spiro atoms. The molecule has 1 aromatic rings. The lowest BCUT2D eigenvalue weighted by Crippen LogP contribution is -2.22. The summed E-state index contributed by atoms with van der Waals surface area (Å²) in [5.41, 5.74) is 7.89. The highest BCUT2D eigenvalue weighted by Gasteiger charge is 2.06. The summed E-state index contributed by atoms with van der Waals surface area (Å²) in [6.45, 7) is 1.69. The Labute approximate surface area is 102 Å². The predicted molar refractivity (Wildman–Crippen MR) is 71.3 cm³/mol. The van der Waals surface area contributed by atoms with Gasteiger partial charge in [-0.15, -0.1) is 0 Å². The molecule has 0 atom stereocenters. The Morgan fingerprint density at radius 3 is 2.71 bits per heavy atom. The number of anilines is 2. The second-order valence-electron chi connectivity index (χ2n) is 4.11. The van der Waals surface area contributed by atoms with E-state index in [1.165, 1.54) is 0 Å². The summed E-state index contributed by atoms with van der Waals surface area (Å²) < 4.78 is 0. The molecule has 0 radical (unpaired) electrons. The first-order valence-electron chi connectivity index (χ1n) is 5.55. The normalized spacial score (nSPS) is 10.4. The molecule has 0 heterocycles. The molecule has 5 heteroatoms. The van der Waals surface area contributed by atoms with Crippen LogP contribution in [0.3, 0.4) is 0 Å². The predicted octanol–water partition coefficient (Wildman–Crippen LogP) is 0.602. The van der Waals surface area contributed by atoms with Crippen molar-refractivity contribution in [1.29, 1.82) is 0 Å². The fraction of sp³-hybridized carbons (Fsp3) is 0.417. The Kier molecular flexibility index (Phi) is 4.78. The van der Waals surface area contributed by atoms with E-state index >= 15 is 0 Å². The standard InChI is InChI=1S/C12H20N4O/c1-14-12(17)9-4-5-10(13)11(8-9)15-6-7-16(2)3/h4-5,8,15H,6-7,13H2,1-3H3,(H,14,17). The average Bonchev–Trinajstić information content (AvgIpc) is 2.30. The van der Waals surface area contributed by atoms with Gasteiger partial charge >= 0.3 is 0 Å². The minimum absolute atomic E-state index is 0.111. The number of benzene rings is 1. The molecule has 17 heavy (non-hydrogen) atoms. The van der Waals surface area contributed by atoms with E-state index in [2.05, 4.69) is 15.5 Å². The Bertz CT molecular complexity index is 390. The molecule has 0 aliphatic carbocycles. The second kappa shape index (κ2) is 6.10. The quantitative estimate of drug-likeness (QED) is 0.655. The zero-order valence-electron chi connectivity index (χ0n) is 10.6.